The number of nitrogens with zero attached hydrogens (tertiary/aromatic N) is 2. The molecule has 6 nitrogen and oxygen atoms in total. The van der Waals surface area contributed by atoms with E-state index in [1.54, 1.807) is 30.5 Å². The van der Waals surface area contributed by atoms with Crippen molar-refractivity contribution in [3.63, 3.8) is 0 Å². The minimum atomic E-state index is -3.74. The molecule has 0 saturated carbocycles. The summed E-state index contributed by atoms with van der Waals surface area (Å²) < 4.78 is 27.8. The molecule has 0 bridgehead atoms. The summed E-state index contributed by atoms with van der Waals surface area (Å²) in [5.41, 5.74) is 2.15. The van der Waals surface area contributed by atoms with Gasteiger partial charge >= 0.3 is 0 Å². The molecular weight excluding hydrogens is 382 g/mol. The van der Waals surface area contributed by atoms with Gasteiger partial charge < -0.3 is 5.32 Å². The fraction of sp³-hybridized carbons (Fsp3) is 0.158. The molecule has 8 heteroatoms. The number of amides is 1. The predicted octanol–water partition coefficient (Wildman–Crippen LogP) is 3.49. The topological polar surface area (TPSA) is 79.4 Å². The van der Waals surface area contributed by atoms with Gasteiger partial charge in [0.15, 0.2) is 0 Å². The monoisotopic (exact) mass is 401 g/mol. The molecule has 1 amide bonds. The lowest BCUT2D eigenvalue weighted by molar-refractivity contribution is -0.114. The largest absolute Gasteiger partial charge is 0.326 e. The van der Waals surface area contributed by atoms with Crippen molar-refractivity contribution in [1.82, 2.24) is 9.29 Å². The van der Waals surface area contributed by atoms with Crippen LogP contribution in [0.1, 0.15) is 18.2 Å². The van der Waals surface area contributed by atoms with E-state index in [4.69, 9.17) is 0 Å². The Balaban J connectivity index is 1.90. The summed E-state index contributed by atoms with van der Waals surface area (Å²) in [7, 11) is -3.74. The number of hydrogen-bond acceptors (Lipinski definition) is 5. The molecule has 1 N–H and O–H groups in total. The van der Waals surface area contributed by atoms with E-state index in [0.29, 0.717) is 11.4 Å². The van der Waals surface area contributed by atoms with E-state index in [-0.39, 0.29) is 23.9 Å². The van der Waals surface area contributed by atoms with Crippen LogP contribution in [0.15, 0.2) is 70.4 Å². The summed E-state index contributed by atoms with van der Waals surface area (Å²) in [5.74, 6) is -0.208. The van der Waals surface area contributed by atoms with E-state index in [1.165, 1.54) is 34.7 Å². The molecule has 1 aromatic carbocycles. The number of nitrogens with one attached hydrogen (secondary N) is 1. The van der Waals surface area contributed by atoms with Crippen molar-refractivity contribution in [2.45, 2.75) is 24.9 Å². The highest BCUT2D eigenvalue weighted by molar-refractivity contribution is 7.89. The number of anilines is 1. The van der Waals surface area contributed by atoms with Crippen molar-refractivity contribution in [2.75, 3.05) is 5.32 Å². The zero-order chi connectivity index (χ0) is 19.3. The fourth-order valence-corrected chi connectivity index (χ4v) is 4.61. The quantitative estimate of drug-likeness (QED) is 0.657. The third-order valence-corrected chi connectivity index (χ3v) is 6.35. The number of rotatable bonds is 7. The van der Waals surface area contributed by atoms with Crippen LogP contribution in [-0.4, -0.2) is 23.6 Å². The summed E-state index contributed by atoms with van der Waals surface area (Å²) in [6, 6.07) is 13.5. The second-order valence-electron chi connectivity index (χ2n) is 5.93. The summed E-state index contributed by atoms with van der Waals surface area (Å²) in [4.78, 5) is 15.6. The second-order valence-corrected chi connectivity index (χ2v) is 8.65. The van der Waals surface area contributed by atoms with E-state index in [0.717, 1.165) is 5.56 Å². The van der Waals surface area contributed by atoms with Crippen LogP contribution in [0.25, 0.3) is 0 Å². The molecule has 0 radical (unpaired) electrons. The van der Waals surface area contributed by atoms with Gasteiger partial charge in [0.05, 0.1) is 17.1 Å². The van der Waals surface area contributed by atoms with Gasteiger partial charge in [0, 0.05) is 25.4 Å². The lowest BCUT2D eigenvalue weighted by Crippen LogP contribution is -2.30. The highest BCUT2D eigenvalue weighted by Gasteiger charge is 2.25. The van der Waals surface area contributed by atoms with Gasteiger partial charge in [-0.15, -0.1) is 0 Å². The number of thiophene rings is 1. The molecule has 27 heavy (non-hydrogen) atoms. The van der Waals surface area contributed by atoms with Crippen LogP contribution >= 0.6 is 11.3 Å². The van der Waals surface area contributed by atoms with E-state index < -0.39 is 10.0 Å². The summed E-state index contributed by atoms with van der Waals surface area (Å²) in [6.45, 7) is 1.84. The molecule has 0 fully saturated rings. The second kappa shape index (κ2) is 8.43. The number of carbonyl (C=O) groups is 1. The van der Waals surface area contributed by atoms with Crippen molar-refractivity contribution in [3.8, 4) is 0 Å². The minimum absolute atomic E-state index is 0.169. The molecule has 140 valence electrons. The van der Waals surface area contributed by atoms with E-state index >= 15 is 0 Å². The Hall–Kier alpha value is -2.55. The zero-order valence-electron chi connectivity index (χ0n) is 14.7. The fourth-order valence-electron chi connectivity index (χ4n) is 2.55. The molecule has 0 aliphatic heterocycles. The Bertz CT molecular complexity index is 986. The Kier molecular flexibility index (Phi) is 6.00. The van der Waals surface area contributed by atoms with Crippen LogP contribution in [0, 0.1) is 0 Å². The molecule has 2 heterocycles. The lowest BCUT2D eigenvalue weighted by atomic mass is 10.3. The van der Waals surface area contributed by atoms with Gasteiger partial charge in [-0.25, -0.2) is 8.42 Å². The van der Waals surface area contributed by atoms with Gasteiger partial charge in [-0.1, -0.05) is 6.07 Å². The molecule has 0 aliphatic carbocycles. The van der Waals surface area contributed by atoms with Crippen molar-refractivity contribution in [3.05, 3.63) is 76.7 Å². The van der Waals surface area contributed by atoms with Crippen molar-refractivity contribution in [2.24, 2.45) is 0 Å². The molecule has 3 aromatic rings. The first-order valence-corrected chi connectivity index (χ1v) is 10.6. The van der Waals surface area contributed by atoms with E-state index in [2.05, 4.69) is 10.3 Å². The molecule has 0 spiro atoms. The number of sulfonamides is 1. The summed E-state index contributed by atoms with van der Waals surface area (Å²) in [6.07, 6.45) is 1.65. The Morgan fingerprint density at radius 2 is 1.89 bits per heavy atom. The average molecular weight is 402 g/mol. The first-order valence-electron chi connectivity index (χ1n) is 8.24. The Morgan fingerprint density at radius 3 is 2.48 bits per heavy atom. The van der Waals surface area contributed by atoms with Crippen molar-refractivity contribution >= 4 is 33.0 Å². The minimum Gasteiger partial charge on any atom is -0.326 e. The standard InChI is InChI=1S/C19H19N3O3S2/c1-15(23)21-17-5-7-19(8-6-17)27(24,25)22(12-16-9-11-26-14-16)13-18-4-2-3-10-20-18/h2-11,14H,12-13H2,1H3,(H,21,23). The van der Waals surface area contributed by atoms with Gasteiger partial charge in [0.2, 0.25) is 15.9 Å². The number of aromatic nitrogens is 1. The smallest absolute Gasteiger partial charge is 0.243 e. The average Bonchev–Trinajstić information content (AvgIpc) is 3.15. The first kappa shape index (κ1) is 19.2. The van der Waals surface area contributed by atoms with Crippen LogP contribution in [0.2, 0.25) is 0 Å². The van der Waals surface area contributed by atoms with Crippen LogP contribution in [0.4, 0.5) is 5.69 Å². The van der Waals surface area contributed by atoms with Crippen molar-refractivity contribution in [1.29, 1.82) is 0 Å². The molecule has 3 rings (SSSR count). The third kappa shape index (κ3) is 5.00. The van der Waals surface area contributed by atoms with E-state index in [9.17, 15) is 13.2 Å². The third-order valence-electron chi connectivity index (χ3n) is 3.82. The maximum atomic E-state index is 13.2. The first-order chi connectivity index (χ1) is 12.9. The molecule has 0 unspecified atom stereocenters. The van der Waals surface area contributed by atoms with Gasteiger partial charge in [0.1, 0.15) is 0 Å². The SMILES string of the molecule is CC(=O)Nc1ccc(S(=O)(=O)N(Cc2ccsc2)Cc2ccccn2)cc1. The van der Waals surface area contributed by atoms with Crippen LogP contribution in [0.5, 0.6) is 0 Å². The number of pyridine rings is 1. The zero-order valence-corrected chi connectivity index (χ0v) is 16.3. The number of benzene rings is 1. The van der Waals surface area contributed by atoms with Crippen molar-refractivity contribution < 1.29 is 13.2 Å². The number of carbonyl (C=O) groups excluding carboxylic acids is 1. The van der Waals surface area contributed by atoms with Gasteiger partial charge in [-0.3, -0.25) is 9.78 Å². The van der Waals surface area contributed by atoms with Gasteiger partial charge in [-0.05, 0) is 58.8 Å². The summed E-state index contributed by atoms with van der Waals surface area (Å²) >= 11 is 1.52. The predicted molar refractivity (Wildman–Crippen MR) is 106 cm³/mol. The Morgan fingerprint density at radius 1 is 1.11 bits per heavy atom. The lowest BCUT2D eigenvalue weighted by Gasteiger charge is -2.22. The maximum absolute atomic E-state index is 13.2. The summed E-state index contributed by atoms with van der Waals surface area (Å²) in [5, 5.41) is 6.48. The highest BCUT2D eigenvalue weighted by atomic mass is 32.2. The highest BCUT2D eigenvalue weighted by Crippen LogP contribution is 2.23. The molecule has 0 atom stereocenters. The molecule has 2 aromatic heterocycles. The molecule has 0 saturated heterocycles. The van der Waals surface area contributed by atoms with Crippen LogP contribution < -0.4 is 5.32 Å². The van der Waals surface area contributed by atoms with E-state index in [1.807, 2.05) is 22.9 Å². The van der Waals surface area contributed by atoms with Crippen LogP contribution in [-0.2, 0) is 27.9 Å². The Labute approximate surface area is 162 Å². The normalized spacial score (nSPS) is 11.5. The van der Waals surface area contributed by atoms with Gasteiger partial charge in [-0.2, -0.15) is 15.6 Å². The van der Waals surface area contributed by atoms with Gasteiger partial charge in [0.25, 0.3) is 0 Å². The number of hydrogen-bond donors (Lipinski definition) is 1. The molecule has 0 aliphatic rings. The molecular formula is C19H19N3O3S2. The maximum Gasteiger partial charge on any atom is 0.243 e. The van der Waals surface area contributed by atoms with Crippen LogP contribution in [0.3, 0.4) is 0 Å².